The summed E-state index contributed by atoms with van der Waals surface area (Å²) < 4.78 is 26.3. The monoisotopic (exact) mass is 257 g/mol. The molecule has 1 amide bonds. The number of rotatable bonds is 4. The third-order valence-corrected chi connectivity index (χ3v) is 2.17. The molecular weight excluding hydrogens is 246 g/mol. The fourth-order valence-electron chi connectivity index (χ4n) is 1.04. The average Bonchev–Trinajstić information content (AvgIpc) is 2.22. The number of para-hydroxylation sites is 1. The van der Waals surface area contributed by atoms with Gasteiger partial charge in [-0.25, -0.2) is 0 Å². The molecule has 0 spiro atoms. The van der Waals surface area contributed by atoms with Gasteiger partial charge in [0.25, 0.3) is 0 Å². The average molecular weight is 257 g/mol. The van der Waals surface area contributed by atoms with Gasteiger partial charge in [-0.1, -0.05) is 12.6 Å². The molecule has 0 saturated carbocycles. The fourth-order valence-corrected chi connectivity index (χ4v) is 1.50. The number of amides is 1. The standard InChI is InChI=1S/C10H11NO5S/c1-3-9(12)11-7-5-4-6-8(10(7)13)16-17(2,14)15/h3-6,13H,1H2,2H3,(H,11,12). The van der Waals surface area contributed by atoms with Crippen molar-refractivity contribution in [3.05, 3.63) is 30.9 Å². The minimum absolute atomic E-state index is 0.0380. The van der Waals surface area contributed by atoms with E-state index in [4.69, 9.17) is 0 Å². The summed E-state index contributed by atoms with van der Waals surface area (Å²) in [5, 5.41) is 12.0. The van der Waals surface area contributed by atoms with Crippen LogP contribution in [0.5, 0.6) is 11.5 Å². The van der Waals surface area contributed by atoms with Crippen LogP contribution >= 0.6 is 0 Å². The van der Waals surface area contributed by atoms with Crippen LogP contribution in [0.15, 0.2) is 30.9 Å². The number of hydrogen-bond acceptors (Lipinski definition) is 5. The highest BCUT2D eigenvalue weighted by Gasteiger charge is 2.13. The quantitative estimate of drug-likeness (QED) is 0.474. The summed E-state index contributed by atoms with van der Waals surface area (Å²) in [6.45, 7) is 3.25. The number of anilines is 1. The van der Waals surface area contributed by atoms with E-state index in [-0.39, 0.29) is 11.4 Å². The molecule has 1 rings (SSSR count). The van der Waals surface area contributed by atoms with Gasteiger partial charge >= 0.3 is 10.1 Å². The van der Waals surface area contributed by atoms with Gasteiger partial charge in [-0.05, 0) is 18.2 Å². The van der Waals surface area contributed by atoms with E-state index in [0.29, 0.717) is 0 Å². The molecule has 1 aromatic carbocycles. The first-order chi connectivity index (χ1) is 7.83. The number of phenolic OH excluding ortho intramolecular Hbond substituents is 1. The number of nitrogens with one attached hydrogen (secondary N) is 1. The van der Waals surface area contributed by atoms with Crippen molar-refractivity contribution < 1.29 is 22.5 Å². The number of phenols is 1. The predicted octanol–water partition coefficient (Wildman–Crippen LogP) is 0.855. The van der Waals surface area contributed by atoms with Gasteiger partial charge in [0, 0.05) is 0 Å². The van der Waals surface area contributed by atoms with E-state index >= 15 is 0 Å². The zero-order chi connectivity index (χ0) is 13.1. The molecule has 0 aromatic heterocycles. The Morgan fingerprint density at radius 3 is 2.71 bits per heavy atom. The van der Waals surface area contributed by atoms with E-state index < -0.39 is 21.8 Å². The Morgan fingerprint density at radius 1 is 1.53 bits per heavy atom. The molecule has 92 valence electrons. The molecule has 0 fully saturated rings. The zero-order valence-electron chi connectivity index (χ0n) is 9.00. The van der Waals surface area contributed by atoms with Gasteiger partial charge in [-0.15, -0.1) is 0 Å². The molecular formula is C10H11NO5S. The molecule has 1 aromatic rings. The van der Waals surface area contributed by atoms with E-state index in [0.717, 1.165) is 12.3 Å². The smallest absolute Gasteiger partial charge is 0.306 e. The Balaban J connectivity index is 3.07. The van der Waals surface area contributed by atoms with E-state index in [1.165, 1.54) is 18.2 Å². The van der Waals surface area contributed by atoms with Gasteiger partial charge in [-0.2, -0.15) is 8.42 Å². The van der Waals surface area contributed by atoms with Crippen molar-refractivity contribution in [2.45, 2.75) is 0 Å². The number of benzene rings is 1. The second-order valence-corrected chi connectivity index (χ2v) is 4.71. The van der Waals surface area contributed by atoms with Crippen LogP contribution in [0.1, 0.15) is 0 Å². The fraction of sp³-hybridized carbons (Fsp3) is 0.100. The minimum Gasteiger partial charge on any atom is -0.503 e. The maximum Gasteiger partial charge on any atom is 0.306 e. The van der Waals surface area contributed by atoms with Crippen LogP contribution in [0.25, 0.3) is 0 Å². The second kappa shape index (κ2) is 4.88. The molecule has 0 saturated heterocycles. The SMILES string of the molecule is C=CC(=O)Nc1cccc(OS(C)(=O)=O)c1O. The Kier molecular flexibility index (Phi) is 3.74. The van der Waals surface area contributed by atoms with Crippen LogP contribution in [0.3, 0.4) is 0 Å². The summed E-state index contributed by atoms with van der Waals surface area (Å²) in [4.78, 5) is 11.0. The lowest BCUT2D eigenvalue weighted by Gasteiger charge is -2.09. The minimum atomic E-state index is -3.74. The largest absolute Gasteiger partial charge is 0.503 e. The topological polar surface area (TPSA) is 92.7 Å². The van der Waals surface area contributed by atoms with Gasteiger partial charge in [-0.3, -0.25) is 4.79 Å². The van der Waals surface area contributed by atoms with Crippen molar-refractivity contribution >= 4 is 21.7 Å². The van der Waals surface area contributed by atoms with Gasteiger partial charge in [0.15, 0.2) is 11.5 Å². The summed E-state index contributed by atoms with van der Waals surface area (Å²) >= 11 is 0. The maximum absolute atomic E-state index is 11.0. The van der Waals surface area contributed by atoms with Crippen molar-refractivity contribution in [1.29, 1.82) is 0 Å². The summed E-state index contributed by atoms with van der Waals surface area (Å²) in [7, 11) is -3.74. The molecule has 0 aliphatic rings. The summed E-state index contributed by atoms with van der Waals surface area (Å²) in [5.74, 6) is -1.25. The van der Waals surface area contributed by atoms with Crippen LogP contribution < -0.4 is 9.50 Å². The Hall–Kier alpha value is -2.02. The molecule has 0 aliphatic carbocycles. The van der Waals surface area contributed by atoms with E-state index in [1.807, 2.05) is 0 Å². The van der Waals surface area contributed by atoms with Crippen molar-refractivity contribution in [1.82, 2.24) is 0 Å². The van der Waals surface area contributed by atoms with E-state index in [9.17, 15) is 18.3 Å². The highest BCUT2D eigenvalue weighted by atomic mass is 32.2. The first-order valence-corrected chi connectivity index (χ1v) is 6.30. The molecule has 0 heterocycles. The highest BCUT2D eigenvalue weighted by Crippen LogP contribution is 2.34. The van der Waals surface area contributed by atoms with Crippen molar-refractivity contribution in [2.24, 2.45) is 0 Å². The second-order valence-electron chi connectivity index (χ2n) is 3.13. The van der Waals surface area contributed by atoms with Gasteiger partial charge in [0.05, 0.1) is 11.9 Å². The van der Waals surface area contributed by atoms with Gasteiger partial charge in [0.2, 0.25) is 5.91 Å². The number of aromatic hydroxyl groups is 1. The Labute approximate surface area is 98.7 Å². The molecule has 0 radical (unpaired) electrons. The van der Waals surface area contributed by atoms with Crippen molar-refractivity contribution in [3.8, 4) is 11.5 Å². The van der Waals surface area contributed by atoms with Crippen LogP contribution in [0, 0.1) is 0 Å². The van der Waals surface area contributed by atoms with Crippen LogP contribution in [0.4, 0.5) is 5.69 Å². The number of hydrogen-bond donors (Lipinski definition) is 2. The Bertz CT molecular complexity index is 550. The number of carbonyl (C=O) groups is 1. The van der Waals surface area contributed by atoms with Gasteiger partial charge in [0.1, 0.15) is 0 Å². The molecule has 0 unspecified atom stereocenters. The van der Waals surface area contributed by atoms with Crippen LogP contribution in [-0.2, 0) is 14.9 Å². The molecule has 2 N–H and O–H groups in total. The molecule has 0 aliphatic heterocycles. The van der Waals surface area contributed by atoms with Crippen LogP contribution in [-0.4, -0.2) is 25.7 Å². The highest BCUT2D eigenvalue weighted by molar-refractivity contribution is 7.86. The third-order valence-electron chi connectivity index (χ3n) is 1.68. The molecule has 6 nitrogen and oxygen atoms in total. The summed E-state index contributed by atoms with van der Waals surface area (Å²) in [5.41, 5.74) is 0.0380. The molecule has 0 bridgehead atoms. The van der Waals surface area contributed by atoms with E-state index in [1.54, 1.807) is 0 Å². The normalized spacial score (nSPS) is 10.6. The van der Waals surface area contributed by atoms with E-state index in [2.05, 4.69) is 16.1 Å². The lowest BCUT2D eigenvalue weighted by molar-refractivity contribution is -0.111. The van der Waals surface area contributed by atoms with Crippen molar-refractivity contribution in [3.63, 3.8) is 0 Å². The first kappa shape index (κ1) is 13.0. The first-order valence-electron chi connectivity index (χ1n) is 4.48. The van der Waals surface area contributed by atoms with Crippen LogP contribution in [0.2, 0.25) is 0 Å². The molecule has 0 atom stereocenters. The lowest BCUT2D eigenvalue weighted by atomic mass is 10.2. The molecule has 7 heteroatoms. The molecule has 17 heavy (non-hydrogen) atoms. The van der Waals surface area contributed by atoms with Gasteiger partial charge < -0.3 is 14.6 Å². The number of carbonyl (C=O) groups excluding carboxylic acids is 1. The predicted molar refractivity (Wildman–Crippen MR) is 62.4 cm³/mol. The Morgan fingerprint density at radius 2 is 2.18 bits per heavy atom. The summed E-state index contributed by atoms with van der Waals surface area (Å²) in [6.07, 6.45) is 1.87. The van der Waals surface area contributed by atoms with Crippen molar-refractivity contribution in [2.75, 3.05) is 11.6 Å². The third kappa shape index (κ3) is 3.80. The summed E-state index contributed by atoms with van der Waals surface area (Å²) in [6, 6.07) is 4.09. The zero-order valence-corrected chi connectivity index (χ0v) is 9.82. The maximum atomic E-state index is 11.0. The lowest BCUT2D eigenvalue weighted by Crippen LogP contribution is -2.09.